The smallest absolute Gasteiger partial charge is 0.255 e. The molecule has 0 saturated carbocycles. The monoisotopic (exact) mass is 395 g/mol. The molecule has 2 aromatic carbocycles. The van der Waals surface area contributed by atoms with Crippen molar-refractivity contribution < 1.29 is 9.59 Å². The van der Waals surface area contributed by atoms with Gasteiger partial charge in [0.15, 0.2) is 0 Å². The Morgan fingerprint density at radius 3 is 2.36 bits per heavy atom. The third-order valence-electron chi connectivity index (χ3n) is 5.32. The van der Waals surface area contributed by atoms with Crippen LogP contribution in [0.1, 0.15) is 29.6 Å². The van der Waals surface area contributed by atoms with Crippen LogP contribution in [-0.4, -0.2) is 47.5 Å². The van der Waals surface area contributed by atoms with Gasteiger partial charge in [-0.05, 0) is 55.7 Å². The van der Waals surface area contributed by atoms with E-state index in [1.165, 1.54) is 24.9 Å². The number of hydrogen-bond acceptors (Lipinski definition) is 4. The third kappa shape index (κ3) is 4.17. The summed E-state index contributed by atoms with van der Waals surface area (Å²) in [6.07, 6.45) is 3.79. The molecule has 0 unspecified atom stereocenters. The molecule has 0 radical (unpaired) electrons. The molecular weight excluding hydrogens is 370 g/mol. The van der Waals surface area contributed by atoms with E-state index >= 15 is 0 Å². The lowest BCUT2D eigenvalue weighted by Gasteiger charge is -2.29. The van der Waals surface area contributed by atoms with Crippen molar-refractivity contribution in [3.8, 4) is 0 Å². The van der Waals surface area contributed by atoms with Crippen molar-refractivity contribution >= 4 is 35.0 Å². The molecule has 2 aromatic rings. The van der Waals surface area contributed by atoms with E-state index in [2.05, 4.69) is 22.3 Å². The molecule has 5 nitrogen and oxygen atoms in total. The minimum Gasteiger partial charge on any atom is -0.372 e. The van der Waals surface area contributed by atoms with E-state index in [0.29, 0.717) is 17.2 Å². The first-order valence-corrected chi connectivity index (χ1v) is 11.0. The summed E-state index contributed by atoms with van der Waals surface area (Å²) < 4.78 is 0. The zero-order chi connectivity index (χ0) is 19.3. The summed E-state index contributed by atoms with van der Waals surface area (Å²) in [4.78, 5) is 29.6. The van der Waals surface area contributed by atoms with Crippen LogP contribution in [0.15, 0.2) is 54.6 Å². The van der Waals surface area contributed by atoms with Crippen LogP contribution in [0.3, 0.4) is 0 Å². The van der Waals surface area contributed by atoms with Gasteiger partial charge in [0.1, 0.15) is 6.04 Å². The summed E-state index contributed by atoms with van der Waals surface area (Å²) in [7, 11) is 0. The van der Waals surface area contributed by atoms with Gasteiger partial charge in [-0.3, -0.25) is 9.59 Å². The van der Waals surface area contributed by atoms with Crippen LogP contribution in [0.5, 0.6) is 0 Å². The van der Waals surface area contributed by atoms with E-state index in [4.69, 9.17) is 0 Å². The van der Waals surface area contributed by atoms with Crippen LogP contribution in [0.4, 0.5) is 11.4 Å². The summed E-state index contributed by atoms with van der Waals surface area (Å²) >= 11 is 1.61. The third-order valence-corrected chi connectivity index (χ3v) is 6.33. The lowest BCUT2D eigenvalue weighted by molar-refractivity contribution is -0.119. The van der Waals surface area contributed by atoms with Crippen molar-refractivity contribution in [2.75, 3.05) is 34.9 Å². The number of nitrogens with zero attached hydrogens (tertiary/aromatic N) is 2. The van der Waals surface area contributed by atoms with Crippen LogP contribution in [0.2, 0.25) is 0 Å². The summed E-state index contributed by atoms with van der Waals surface area (Å²) in [5, 5.41) is 2.99. The molecule has 2 fully saturated rings. The number of thioether (sulfide) groups is 1. The van der Waals surface area contributed by atoms with Gasteiger partial charge in [0, 0.05) is 35.8 Å². The van der Waals surface area contributed by atoms with Crippen LogP contribution in [-0.2, 0) is 4.79 Å². The number of nitrogens with one attached hydrogen (secondary N) is 1. The standard InChI is InChI=1S/C22H25N3O2S/c26-21(20-15-28-16-25(20)22(27)17-7-3-1-4-8-17)23-18-9-11-19(12-10-18)24-13-5-2-6-14-24/h1,3-4,7-12,20H,2,5-6,13-16H2,(H,23,26)/t20-/m0/s1. The Kier molecular flexibility index (Phi) is 5.86. The number of hydrogen-bond donors (Lipinski definition) is 1. The lowest BCUT2D eigenvalue weighted by atomic mass is 10.1. The first kappa shape index (κ1) is 18.9. The van der Waals surface area contributed by atoms with Gasteiger partial charge in [0.05, 0.1) is 5.88 Å². The molecule has 2 saturated heterocycles. The number of benzene rings is 2. The molecule has 0 spiro atoms. The van der Waals surface area contributed by atoms with Crippen molar-refractivity contribution in [1.82, 2.24) is 4.90 Å². The van der Waals surface area contributed by atoms with Gasteiger partial charge < -0.3 is 15.1 Å². The van der Waals surface area contributed by atoms with E-state index in [1.807, 2.05) is 30.3 Å². The Labute approximate surface area is 170 Å². The molecule has 146 valence electrons. The Morgan fingerprint density at radius 1 is 0.929 bits per heavy atom. The summed E-state index contributed by atoms with van der Waals surface area (Å²) in [6.45, 7) is 2.20. The summed E-state index contributed by atoms with van der Waals surface area (Å²) in [5.74, 6) is 0.946. The van der Waals surface area contributed by atoms with Crippen LogP contribution in [0, 0.1) is 0 Å². The van der Waals surface area contributed by atoms with Gasteiger partial charge in [-0.15, -0.1) is 11.8 Å². The van der Waals surface area contributed by atoms with Gasteiger partial charge in [0.25, 0.3) is 5.91 Å². The maximum atomic E-state index is 12.8. The van der Waals surface area contributed by atoms with Gasteiger partial charge in [-0.25, -0.2) is 0 Å². The van der Waals surface area contributed by atoms with E-state index in [-0.39, 0.29) is 11.8 Å². The molecule has 2 aliphatic rings. The topological polar surface area (TPSA) is 52.7 Å². The largest absolute Gasteiger partial charge is 0.372 e. The molecule has 0 bridgehead atoms. The predicted octanol–water partition coefficient (Wildman–Crippen LogP) is 3.83. The van der Waals surface area contributed by atoms with Crippen LogP contribution in [0.25, 0.3) is 0 Å². The SMILES string of the molecule is O=C(Nc1ccc(N2CCCCC2)cc1)[C@@H]1CSCN1C(=O)c1ccccc1. The van der Waals surface area contributed by atoms with Gasteiger partial charge in [0.2, 0.25) is 5.91 Å². The highest BCUT2D eigenvalue weighted by molar-refractivity contribution is 7.99. The van der Waals surface area contributed by atoms with Crippen molar-refractivity contribution in [3.05, 3.63) is 60.2 Å². The van der Waals surface area contributed by atoms with E-state index in [1.54, 1.807) is 28.8 Å². The quantitative estimate of drug-likeness (QED) is 0.855. The maximum absolute atomic E-state index is 12.8. The van der Waals surface area contributed by atoms with Crippen molar-refractivity contribution in [1.29, 1.82) is 0 Å². The van der Waals surface area contributed by atoms with Gasteiger partial charge in [-0.2, -0.15) is 0 Å². The lowest BCUT2D eigenvalue weighted by Crippen LogP contribution is -2.44. The normalized spacial score (nSPS) is 19.5. The highest BCUT2D eigenvalue weighted by atomic mass is 32.2. The summed E-state index contributed by atoms with van der Waals surface area (Å²) in [6, 6.07) is 16.7. The molecule has 2 heterocycles. The number of anilines is 2. The number of carbonyl (C=O) groups excluding carboxylic acids is 2. The molecule has 6 heteroatoms. The minimum atomic E-state index is -0.445. The number of amides is 2. The van der Waals surface area contributed by atoms with Crippen molar-refractivity contribution in [3.63, 3.8) is 0 Å². The second-order valence-electron chi connectivity index (χ2n) is 7.24. The van der Waals surface area contributed by atoms with Crippen molar-refractivity contribution in [2.24, 2.45) is 0 Å². The molecular formula is C22H25N3O2S. The first-order chi connectivity index (χ1) is 13.7. The predicted molar refractivity (Wildman–Crippen MR) is 115 cm³/mol. The van der Waals surface area contributed by atoms with Crippen LogP contribution >= 0.6 is 11.8 Å². The Hall–Kier alpha value is -2.47. The van der Waals surface area contributed by atoms with E-state index in [9.17, 15) is 9.59 Å². The molecule has 4 rings (SSSR count). The summed E-state index contributed by atoms with van der Waals surface area (Å²) in [5.41, 5.74) is 2.60. The molecule has 2 amide bonds. The number of rotatable bonds is 4. The highest BCUT2D eigenvalue weighted by Gasteiger charge is 2.35. The molecule has 28 heavy (non-hydrogen) atoms. The fourth-order valence-corrected chi connectivity index (χ4v) is 4.89. The second kappa shape index (κ2) is 8.69. The zero-order valence-electron chi connectivity index (χ0n) is 15.8. The fraction of sp³-hybridized carbons (Fsp3) is 0.364. The van der Waals surface area contributed by atoms with Crippen LogP contribution < -0.4 is 10.2 Å². The Morgan fingerprint density at radius 2 is 1.64 bits per heavy atom. The zero-order valence-corrected chi connectivity index (χ0v) is 16.7. The fourth-order valence-electron chi connectivity index (χ4n) is 3.74. The average Bonchev–Trinajstić information content (AvgIpc) is 3.25. The Bertz CT molecular complexity index is 819. The number of piperidine rings is 1. The molecule has 2 aliphatic heterocycles. The van der Waals surface area contributed by atoms with E-state index in [0.717, 1.165) is 18.8 Å². The molecule has 0 aromatic heterocycles. The van der Waals surface area contributed by atoms with Gasteiger partial charge in [-0.1, -0.05) is 18.2 Å². The average molecular weight is 396 g/mol. The maximum Gasteiger partial charge on any atom is 0.255 e. The van der Waals surface area contributed by atoms with E-state index < -0.39 is 6.04 Å². The first-order valence-electron chi connectivity index (χ1n) is 9.82. The Balaban J connectivity index is 1.40. The molecule has 1 atom stereocenters. The van der Waals surface area contributed by atoms with Crippen molar-refractivity contribution in [2.45, 2.75) is 25.3 Å². The highest BCUT2D eigenvalue weighted by Crippen LogP contribution is 2.26. The number of carbonyl (C=O) groups is 2. The van der Waals surface area contributed by atoms with Gasteiger partial charge >= 0.3 is 0 Å². The second-order valence-corrected chi connectivity index (χ2v) is 8.24. The minimum absolute atomic E-state index is 0.0915. The molecule has 1 N–H and O–H groups in total. The molecule has 0 aliphatic carbocycles.